The van der Waals surface area contributed by atoms with Crippen LogP contribution in [0.5, 0.6) is 5.75 Å². The molecule has 102 valence electrons. The lowest BCUT2D eigenvalue weighted by Gasteiger charge is -2.17. The number of carbonyl (C=O) groups excluding carboxylic acids is 1. The standard InChI is InChI=1S/C14H19N3O2/c1-9(13(15)18)10-4-5-11-12(8-10)19-7-6-17(3)14(11)16-2/h4-5,8-9H,6-7H2,1-3H3,(H2,15,18)/t9-/m0/s1. The van der Waals surface area contributed by atoms with Gasteiger partial charge in [0, 0.05) is 14.1 Å². The summed E-state index contributed by atoms with van der Waals surface area (Å²) in [4.78, 5) is 17.6. The highest BCUT2D eigenvalue weighted by atomic mass is 16.5. The number of amides is 1. The molecule has 0 saturated carbocycles. The molecule has 2 rings (SSSR count). The van der Waals surface area contributed by atoms with E-state index in [-0.39, 0.29) is 11.8 Å². The molecule has 1 aromatic carbocycles. The zero-order valence-electron chi connectivity index (χ0n) is 11.5. The second-order valence-electron chi connectivity index (χ2n) is 4.70. The van der Waals surface area contributed by atoms with Gasteiger partial charge in [0.25, 0.3) is 0 Å². The molecule has 0 aromatic heterocycles. The number of nitrogens with two attached hydrogens (primary N) is 1. The van der Waals surface area contributed by atoms with Gasteiger partial charge in [-0.25, -0.2) is 0 Å². The highest BCUT2D eigenvalue weighted by Gasteiger charge is 2.21. The van der Waals surface area contributed by atoms with Crippen LogP contribution in [-0.2, 0) is 4.79 Å². The average Bonchev–Trinajstić information content (AvgIpc) is 2.54. The average molecular weight is 261 g/mol. The summed E-state index contributed by atoms with van der Waals surface area (Å²) in [6.07, 6.45) is 0. The van der Waals surface area contributed by atoms with Crippen LogP contribution in [0.1, 0.15) is 24.0 Å². The van der Waals surface area contributed by atoms with Crippen LogP contribution < -0.4 is 10.5 Å². The van der Waals surface area contributed by atoms with Crippen molar-refractivity contribution in [2.75, 3.05) is 27.2 Å². The summed E-state index contributed by atoms with van der Waals surface area (Å²) in [5.74, 6) is 0.994. The van der Waals surface area contributed by atoms with E-state index in [1.54, 1.807) is 14.0 Å². The second-order valence-corrected chi connectivity index (χ2v) is 4.70. The number of hydrogen-bond donors (Lipinski definition) is 1. The van der Waals surface area contributed by atoms with Gasteiger partial charge in [-0.3, -0.25) is 9.79 Å². The highest BCUT2D eigenvalue weighted by molar-refractivity contribution is 6.01. The van der Waals surface area contributed by atoms with Gasteiger partial charge in [-0.2, -0.15) is 0 Å². The van der Waals surface area contributed by atoms with E-state index in [0.29, 0.717) is 6.61 Å². The van der Waals surface area contributed by atoms with Gasteiger partial charge < -0.3 is 15.4 Å². The van der Waals surface area contributed by atoms with Crippen molar-refractivity contribution < 1.29 is 9.53 Å². The summed E-state index contributed by atoms with van der Waals surface area (Å²) in [5.41, 5.74) is 7.15. The Labute approximate surface area is 113 Å². The number of nitrogens with zero attached hydrogens (tertiary/aromatic N) is 2. The molecule has 0 unspecified atom stereocenters. The molecule has 0 radical (unpaired) electrons. The molecule has 1 aromatic rings. The first-order valence-electron chi connectivity index (χ1n) is 6.29. The summed E-state index contributed by atoms with van der Waals surface area (Å²) in [6, 6.07) is 5.73. The molecule has 1 heterocycles. The third-order valence-electron chi connectivity index (χ3n) is 3.43. The van der Waals surface area contributed by atoms with Crippen molar-refractivity contribution in [3.8, 4) is 5.75 Å². The van der Waals surface area contributed by atoms with Crippen molar-refractivity contribution in [3.05, 3.63) is 29.3 Å². The second kappa shape index (κ2) is 5.30. The molecule has 1 aliphatic rings. The number of fused-ring (bicyclic) bond motifs is 1. The van der Waals surface area contributed by atoms with Crippen LogP contribution in [0.15, 0.2) is 23.2 Å². The number of carbonyl (C=O) groups is 1. The lowest BCUT2D eigenvalue weighted by Crippen LogP contribution is -2.28. The molecule has 1 aliphatic heterocycles. The molecular formula is C14H19N3O2. The number of primary amides is 1. The fourth-order valence-corrected chi connectivity index (χ4v) is 2.17. The Kier molecular flexibility index (Phi) is 3.74. The zero-order chi connectivity index (χ0) is 14.0. The Hall–Kier alpha value is -2.04. The summed E-state index contributed by atoms with van der Waals surface area (Å²) >= 11 is 0. The summed E-state index contributed by atoms with van der Waals surface area (Å²) in [6.45, 7) is 3.17. The van der Waals surface area contributed by atoms with Crippen molar-refractivity contribution in [1.82, 2.24) is 4.90 Å². The molecule has 0 fully saturated rings. The van der Waals surface area contributed by atoms with Gasteiger partial charge in [0.1, 0.15) is 18.2 Å². The molecule has 5 heteroatoms. The smallest absolute Gasteiger partial charge is 0.224 e. The van der Waals surface area contributed by atoms with Gasteiger partial charge in [-0.1, -0.05) is 6.07 Å². The van der Waals surface area contributed by atoms with Crippen molar-refractivity contribution in [2.45, 2.75) is 12.8 Å². The van der Waals surface area contributed by atoms with Crippen molar-refractivity contribution in [3.63, 3.8) is 0 Å². The fraction of sp³-hybridized carbons (Fsp3) is 0.429. The Morgan fingerprint density at radius 3 is 2.89 bits per heavy atom. The van der Waals surface area contributed by atoms with Crippen molar-refractivity contribution >= 4 is 11.7 Å². The van der Waals surface area contributed by atoms with E-state index in [0.717, 1.165) is 29.3 Å². The van der Waals surface area contributed by atoms with E-state index in [4.69, 9.17) is 10.5 Å². The maximum Gasteiger partial charge on any atom is 0.224 e. The van der Waals surface area contributed by atoms with E-state index in [1.165, 1.54) is 0 Å². The number of amidine groups is 1. The summed E-state index contributed by atoms with van der Waals surface area (Å²) < 4.78 is 5.75. The molecule has 2 N–H and O–H groups in total. The first-order valence-corrected chi connectivity index (χ1v) is 6.29. The Morgan fingerprint density at radius 2 is 2.26 bits per heavy atom. The minimum atomic E-state index is -0.338. The minimum Gasteiger partial charge on any atom is -0.491 e. The highest BCUT2D eigenvalue weighted by Crippen LogP contribution is 2.27. The first kappa shape index (κ1) is 13.4. The molecular weight excluding hydrogens is 242 g/mol. The van der Waals surface area contributed by atoms with Gasteiger partial charge in [-0.15, -0.1) is 0 Å². The van der Waals surface area contributed by atoms with E-state index >= 15 is 0 Å². The third kappa shape index (κ3) is 2.54. The van der Waals surface area contributed by atoms with Gasteiger partial charge in [0.2, 0.25) is 5.91 Å². The molecule has 5 nitrogen and oxygen atoms in total. The van der Waals surface area contributed by atoms with E-state index in [9.17, 15) is 4.79 Å². The predicted molar refractivity (Wildman–Crippen MR) is 74.6 cm³/mol. The predicted octanol–water partition coefficient (Wildman–Crippen LogP) is 0.976. The van der Waals surface area contributed by atoms with E-state index < -0.39 is 0 Å². The quantitative estimate of drug-likeness (QED) is 0.862. The monoisotopic (exact) mass is 261 g/mol. The van der Waals surface area contributed by atoms with E-state index in [1.807, 2.05) is 25.2 Å². The van der Waals surface area contributed by atoms with Crippen LogP contribution in [0.3, 0.4) is 0 Å². The SMILES string of the molecule is CN=C1c2ccc([C@H](C)C(N)=O)cc2OCCN1C. The number of benzene rings is 1. The molecule has 0 bridgehead atoms. The molecule has 19 heavy (non-hydrogen) atoms. The fourth-order valence-electron chi connectivity index (χ4n) is 2.17. The van der Waals surface area contributed by atoms with Crippen LogP contribution in [0, 0.1) is 0 Å². The lowest BCUT2D eigenvalue weighted by atomic mass is 9.98. The van der Waals surface area contributed by atoms with Gasteiger partial charge >= 0.3 is 0 Å². The number of likely N-dealkylation sites (N-methyl/N-ethyl adjacent to an activating group) is 1. The lowest BCUT2D eigenvalue weighted by molar-refractivity contribution is -0.119. The van der Waals surface area contributed by atoms with Crippen molar-refractivity contribution in [1.29, 1.82) is 0 Å². The van der Waals surface area contributed by atoms with Gasteiger partial charge in [-0.05, 0) is 24.6 Å². The van der Waals surface area contributed by atoms with Crippen LogP contribution in [0.25, 0.3) is 0 Å². The zero-order valence-corrected chi connectivity index (χ0v) is 11.5. The topological polar surface area (TPSA) is 67.9 Å². The molecule has 0 saturated heterocycles. The molecule has 1 amide bonds. The molecule has 0 spiro atoms. The van der Waals surface area contributed by atoms with Crippen LogP contribution in [-0.4, -0.2) is 43.9 Å². The number of aliphatic imine (C=N–C) groups is 1. The summed E-state index contributed by atoms with van der Waals surface area (Å²) in [7, 11) is 3.75. The van der Waals surface area contributed by atoms with Crippen LogP contribution >= 0.6 is 0 Å². The van der Waals surface area contributed by atoms with Gasteiger partial charge in [0.05, 0.1) is 18.0 Å². The maximum absolute atomic E-state index is 11.3. The van der Waals surface area contributed by atoms with E-state index in [2.05, 4.69) is 9.89 Å². The number of rotatable bonds is 2. The Balaban J connectivity index is 2.45. The maximum atomic E-state index is 11.3. The Morgan fingerprint density at radius 1 is 1.53 bits per heavy atom. The largest absolute Gasteiger partial charge is 0.491 e. The number of hydrogen-bond acceptors (Lipinski definition) is 3. The first-order chi connectivity index (χ1) is 9.04. The normalized spacial score (nSPS) is 18.5. The number of ether oxygens (including phenoxy) is 1. The summed E-state index contributed by atoms with van der Waals surface area (Å²) in [5, 5.41) is 0. The van der Waals surface area contributed by atoms with Crippen molar-refractivity contribution in [2.24, 2.45) is 10.7 Å². The van der Waals surface area contributed by atoms with Gasteiger partial charge in [0.15, 0.2) is 0 Å². The third-order valence-corrected chi connectivity index (χ3v) is 3.43. The van der Waals surface area contributed by atoms with Crippen LogP contribution in [0.2, 0.25) is 0 Å². The molecule has 1 atom stereocenters. The van der Waals surface area contributed by atoms with Crippen LogP contribution in [0.4, 0.5) is 0 Å². The Bertz CT molecular complexity index is 525. The minimum absolute atomic E-state index is 0.322. The molecule has 0 aliphatic carbocycles.